The number of urea groups is 1. The minimum atomic E-state index is -0.459. The maximum absolute atomic E-state index is 12.6. The van der Waals surface area contributed by atoms with Gasteiger partial charge in [-0.25, -0.2) is 9.78 Å². The van der Waals surface area contributed by atoms with Crippen LogP contribution < -0.4 is 20.9 Å². The van der Waals surface area contributed by atoms with E-state index in [2.05, 4.69) is 25.7 Å². The average molecular weight is 410 g/mol. The van der Waals surface area contributed by atoms with Crippen molar-refractivity contribution in [3.63, 3.8) is 0 Å². The van der Waals surface area contributed by atoms with Crippen LogP contribution in [-0.2, 0) is 11.8 Å². The van der Waals surface area contributed by atoms with Crippen molar-refractivity contribution in [1.82, 2.24) is 19.7 Å². The zero-order valence-electron chi connectivity index (χ0n) is 17.7. The van der Waals surface area contributed by atoms with Crippen LogP contribution in [0.3, 0.4) is 0 Å². The number of rotatable bonds is 5. The molecule has 3 aromatic rings. The van der Waals surface area contributed by atoms with E-state index in [0.29, 0.717) is 29.4 Å². The van der Waals surface area contributed by atoms with E-state index in [0.717, 1.165) is 5.69 Å². The van der Waals surface area contributed by atoms with Crippen LogP contribution in [0.1, 0.15) is 39.1 Å². The van der Waals surface area contributed by atoms with Crippen LogP contribution in [-0.4, -0.2) is 32.9 Å². The number of methoxy groups -OCH3 is 1. The fourth-order valence-electron chi connectivity index (χ4n) is 2.75. The van der Waals surface area contributed by atoms with E-state index in [1.54, 1.807) is 37.4 Å². The van der Waals surface area contributed by atoms with Gasteiger partial charge in [-0.05, 0) is 18.6 Å². The molecule has 9 nitrogen and oxygen atoms in total. The summed E-state index contributed by atoms with van der Waals surface area (Å²) in [5, 5.41) is 10.1. The molecule has 3 N–H and O–H groups in total. The summed E-state index contributed by atoms with van der Waals surface area (Å²) < 4.78 is 6.61. The highest BCUT2D eigenvalue weighted by molar-refractivity contribution is 5.99. The summed E-state index contributed by atoms with van der Waals surface area (Å²) in [6, 6.07) is 9.78. The third-order valence-corrected chi connectivity index (χ3v) is 4.39. The molecule has 2 aromatic heterocycles. The van der Waals surface area contributed by atoms with Gasteiger partial charge in [0.2, 0.25) is 5.95 Å². The number of carbonyl (C=O) groups is 1. The topological polar surface area (TPSA) is 114 Å². The third-order valence-electron chi connectivity index (χ3n) is 4.39. The quantitative estimate of drug-likeness (QED) is 0.596. The molecular formula is C21H26N6O3. The van der Waals surface area contributed by atoms with Gasteiger partial charge < -0.3 is 10.1 Å². The summed E-state index contributed by atoms with van der Waals surface area (Å²) in [6.07, 6.45) is 0.601. The lowest BCUT2D eigenvalue weighted by Gasteiger charge is -2.13. The minimum Gasteiger partial charge on any atom is -0.497 e. The van der Waals surface area contributed by atoms with E-state index in [1.165, 1.54) is 10.7 Å². The molecular weight excluding hydrogens is 384 g/mol. The standard InChI is InChI=1S/C21H26N6O3/c1-6-13-11-18(28)25-19(22-13)27-17(12-16(26-27)21(2,3)4)24-20(29)23-14-8-7-9-15(10-14)30-5/h7-12H,6H2,1-5H3,(H,22,25,28)(H2,23,24,29). The Labute approximate surface area is 174 Å². The maximum Gasteiger partial charge on any atom is 0.324 e. The van der Waals surface area contributed by atoms with Crippen LogP contribution >= 0.6 is 0 Å². The van der Waals surface area contributed by atoms with Crippen LogP contribution in [0.15, 0.2) is 41.2 Å². The number of amides is 2. The van der Waals surface area contributed by atoms with E-state index in [1.807, 2.05) is 27.7 Å². The molecule has 30 heavy (non-hydrogen) atoms. The lowest BCUT2D eigenvalue weighted by molar-refractivity contribution is 0.262. The second-order valence-corrected chi connectivity index (χ2v) is 7.80. The number of nitrogens with one attached hydrogen (secondary N) is 3. The molecule has 9 heteroatoms. The Bertz CT molecular complexity index is 1110. The number of aryl methyl sites for hydroxylation is 1. The number of nitrogens with zero attached hydrogens (tertiary/aromatic N) is 3. The van der Waals surface area contributed by atoms with Crippen LogP contribution in [0.2, 0.25) is 0 Å². The number of H-pyrrole nitrogens is 1. The average Bonchev–Trinajstić information content (AvgIpc) is 3.11. The monoisotopic (exact) mass is 410 g/mol. The Kier molecular flexibility index (Phi) is 5.91. The third kappa shape index (κ3) is 4.86. The zero-order valence-corrected chi connectivity index (χ0v) is 17.7. The smallest absolute Gasteiger partial charge is 0.324 e. The first-order chi connectivity index (χ1) is 14.2. The van der Waals surface area contributed by atoms with Gasteiger partial charge in [0, 0.05) is 35.0 Å². The number of anilines is 2. The number of benzene rings is 1. The first-order valence-corrected chi connectivity index (χ1v) is 9.63. The Morgan fingerprint density at radius 1 is 1.20 bits per heavy atom. The highest BCUT2D eigenvalue weighted by Gasteiger charge is 2.22. The van der Waals surface area contributed by atoms with Gasteiger partial charge in [-0.15, -0.1) is 0 Å². The van der Waals surface area contributed by atoms with Crippen LogP contribution in [0.5, 0.6) is 5.75 Å². The molecule has 2 amide bonds. The number of carbonyl (C=O) groups excluding carboxylic acids is 1. The first kappa shape index (κ1) is 21.1. The van der Waals surface area contributed by atoms with E-state index in [4.69, 9.17) is 4.74 Å². The van der Waals surface area contributed by atoms with E-state index in [9.17, 15) is 9.59 Å². The number of hydrogen-bond donors (Lipinski definition) is 3. The van der Waals surface area contributed by atoms with Gasteiger partial charge in [-0.3, -0.25) is 15.1 Å². The van der Waals surface area contributed by atoms with Crippen molar-refractivity contribution in [2.75, 3.05) is 17.7 Å². The van der Waals surface area contributed by atoms with Crippen molar-refractivity contribution in [3.8, 4) is 11.7 Å². The van der Waals surface area contributed by atoms with Crippen LogP contribution in [0.25, 0.3) is 5.95 Å². The Morgan fingerprint density at radius 2 is 1.97 bits per heavy atom. The molecule has 3 rings (SSSR count). The fourth-order valence-corrected chi connectivity index (χ4v) is 2.75. The van der Waals surface area contributed by atoms with Gasteiger partial charge in [0.25, 0.3) is 5.56 Å². The molecule has 0 unspecified atom stereocenters. The van der Waals surface area contributed by atoms with Gasteiger partial charge in [0.1, 0.15) is 11.6 Å². The molecule has 1 aromatic carbocycles. The van der Waals surface area contributed by atoms with E-state index in [-0.39, 0.29) is 16.9 Å². The van der Waals surface area contributed by atoms with Crippen LogP contribution in [0.4, 0.5) is 16.3 Å². The van der Waals surface area contributed by atoms with Crippen molar-refractivity contribution >= 4 is 17.5 Å². The highest BCUT2D eigenvalue weighted by Crippen LogP contribution is 2.25. The lowest BCUT2D eigenvalue weighted by atomic mass is 9.92. The number of aromatic nitrogens is 4. The summed E-state index contributed by atoms with van der Waals surface area (Å²) in [4.78, 5) is 31.8. The Balaban J connectivity index is 1.95. The van der Waals surface area contributed by atoms with Gasteiger partial charge in [-0.1, -0.05) is 33.8 Å². The Hall–Kier alpha value is -3.62. The summed E-state index contributed by atoms with van der Waals surface area (Å²) in [7, 11) is 1.56. The van der Waals surface area contributed by atoms with Gasteiger partial charge in [0.05, 0.1) is 12.8 Å². The van der Waals surface area contributed by atoms with Crippen molar-refractivity contribution in [1.29, 1.82) is 0 Å². The molecule has 0 spiro atoms. The largest absolute Gasteiger partial charge is 0.497 e. The number of hydrogen-bond acceptors (Lipinski definition) is 5. The van der Waals surface area contributed by atoms with Crippen molar-refractivity contribution < 1.29 is 9.53 Å². The summed E-state index contributed by atoms with van der Waals surface area (Å²) >= 11 is 0. The highest BCUT2D eigenvalue weighted by atomic mass is 16.5. The predicted octanol–water partition coefficient (Wildman–Crippen LogP) is 3.47. The van der Waals surface area contributed by atoms with Gasteiger partial charge in [-0.2, -0.15) is 9.78 Å². The van der Waals surface area contributed by atoms with Gasteiger partial charge in [0.15, 0.2) is 0 Å². The second-order valence-electron chi connectivity index (χ2n) is 7.80. The minimum absolute atomic E-state index is 0.242. The van der Waals surface area contributed by atoms with Crippen LogP contribution in [0, 0.1) is 0 Å². The zero-order chi connectivity index (χ0) is 21.9. The molecule has 0 bridgehead atoms. The Morgan fingerprint density at radius 3 is 2.63 bits per heavy atom. The number of aromatic amines is 1. The summed E-state index contributed by atoms with van der Waals surface area (Å²) in [5.74, 6) is 1.26. The second kappa shape index (κ2) is 8.40. The van der Waals surface area contributed by atoms with Crippen molar-refractivity contribution in [2.45, 2.75) is 39.5 Å². The molecule has 0 saturated carbocycles. The predicted molar refractivity (Wildman–Crippen MR) is 116 cm³/mol. The summed E-state index contributed by atoms with van der Waals surface area (Å²) in [6.45, 7) is 7.95. The molecule has 158 valence electrons. The lowest BCUT2D eigenvalue weighted by Crippen LogP contribution is -2.23. The summed E-state index contributed by atoms with van der Waals surface area (Å²) in [5.41, 5.74) is 1.40. The van der Waals surface area contributed by atoms with Crippen molar-refractivity contribution in [3.05, 3.63) is 58.1 Å². The molecule has 0 aliphatic heterocycles. The SMILES string of the molecule is CCc1cc(=O)[nH]c(-n2nc(C(C)(C)C)cc2NC(=O)Nc2cccc(OC)c2)n1. The molecule has 0 aliphatic rings. The molecule has 0 radical (unpaired) electrons. The maximum atomic E-state index is 12.6. The molecule has 0 fully saturated rings. The van der Waals surface area contributed by atoms with Gasteiger partial charge >= 0.3 is 6.03 Å². The fraction of sp³-hybridized carbons (Fsp3) is 0.333. The molecule has 2 heterocycles. The van der Waals surface area contributed by atoms with E-state index >= 15 is 0 Å². The number of ether oxygens (including phenoxy) is 1. The van der Waals surface area contributed by atoms with E-state index < -0.39 is 6.03 Å². The molecule has 0 saturated heterocycles. The molecule has 0 aliphatic carbocycles. The molecule has 0 atom stereocenters. The first-order valence-electron chi connectivity index (χ1n) is 9.63. The normalized spacial score (nSPS) is 11.2. The van der Waals surface area contributed by atoms with Crippen molar-refractivity contribution in [2.24, 2.45) is 0 Å².